The molecule has 94 valence electrons. The van der Waals surface area contributed by atoms with Crippen molar-refractivity contribution in [3.05, 3.63) is 58.6 Å². The third-order valence-electron chi connectivity index (χ3n) is 3.20. The third kappa shape index (κ3) is 2.58. The molecule has 0 fully saturated rings. The SMILES string of the molecule is CC(C)c1ccccc1-c1ccc(C[NH3+])cc1Cl. The summed E-state index contributed by atoms with van der Waals surface area (Å²) in [6, 6.07) is 14.7. The van der Waals surface area contributed by atoms with Crippen LogP contribution in [0.4, 0.5) is 0 Å². The van der Waals surface area contributed by atoms with Crippen molar-refractivity contribution in [2.24, 2.45) is 0 Å². The van der Waals surface area contributed by atoms with Gasteiger partial charge in [0.05, 0.1) is 6.54 Å². The van der Waals surface area contributed by atoms with Gasteiger partial charge in [0.1, 0.15) is 0 Å². The largest absolute Gasteiger partial charge is 0.354 e. The van der Waals surface area contributed by atoms with Crippen LogP contribution in [-0.2, 0) is 6.54 Å². The second-order valence-electron chi connectivity index (χ2n) is 4.81. The normalized spacial score (nSPS) is 10.9. The summed E-state index contributed by atoms with van der Waals surface area (Å²) >= 11 is 6.39. The lowest BCUT2D eigenvalue weighted by atomic mass is 9.92. The Labute approximate surface area is 114 Å². The molecule has 18 heavy (non-hydrogen) atoms. The van der Waals surface area contributed by atoms with E-state index in [0.29, 0.717) is 5.92 Å². The van der Waals surface area contributed by atoms with Crippen molar-refractivity contribution >= 4 is 11.6 Å². The Bertz CT molecular complexity index is 547. The average Bonchev–Trinajstić information content (AvgIpc) is 2.38. The molecular weight excluding hydrogens is 242 g/mol. The minimum atomic E-state index is 0.491. The van der Waals surface area contributed by atoms with Crippen molar-refractivity contribution in [2.75, 3.05) is 0 Å². The fraction of sp³-hybridized carbons (Fsp3) is 0.250. The molecular formula is C16H19ClN+. The van der Waals surface area contributed by atoms with E-state index in [0.717, 1.165) is 17.1 Å². The maximum Gasteiger partial charge on any atom is 0.0997 e. The maximum absolute atomic E-state index is 6.39. The molecule has 2 aromatic rings. The van der Waals surface area contributed by atoms with Crippen LogP contribution < -0.4 is 5.73 Å². The highest BCUT2D eigenvalue weighted by Gasteiger charge is 2.11. The van der Waals surface area contributed by atoms with E-state index in [1.54, 1.807) is 0 Å². The molecule has 0 heterocycles. The number of hydrogen-bond acceptors (Lipinski definition) is 0. The molecule has 1 nitrogen and oxygen atoms in total. The van der Waals surface area contributed by atoms with Crippen molar-refractivity contribution < 1.29 is 5.73 Å². The van der Waals surface area contributed by atoms with E-state index >= 15 is 0 Å². The van der Waals surface area contributed by atoms with Crippen LogP contribution in [0.2, 0.25) is 5.02 Å². The third-order valence-corrected chi connectivity index (χ3v) is 3.51. The average molecular weight is 261 g/mol. The van der Waals surface area contributed by atoms with Gasteiger partial charge in [-0.25, -0.2) is 0 Å². The van der Waals surface area contributed by atoms with Gasteiger partial charge in [0.2, 0.25) is 0 Å². The summed E-state index contributed by atoms with van der Waals surface area (Å²) in [5.74, 6) is 0.491. The summed E-state index contributed by atoms with van der Waals surface area (Å²) in [7, 11) is 0. The number of halogens is 1. The fourth-order valence-corrected chi connectivity index (χ4v) is 2.48. The maximum atomic E-state index is 6.39. The van der Waals surface area contributed by atoms with Gasteiger partial charge in [-0.3, -0.25) is 0 Å². The smallest absolute Gasteiger partial charge is 0.0997 e. The Morgan fingerprint density at radius 1 is 1.06 bits per heavy atom. The fourth-order valence-electron chi connectivity index (χ4n) is 2.18. The second-order valence-corrected chi connectivity index (χ2v) is 5.21. The Hall–Kier alpha value is -1.31. The summed E-state index contributed by atoms with van der Waals surface area (Å²) in [5.41, 5.74) is 8.73. The van der Waals surface area contributed by atoms with Crippen molar-refractivity contribution in [1.29, 1.82) is 0 Å². The molecule has 0 aliphatic heterocycles. The van der Waals surface area contributed by atoms with Gasteiger partial charge in [0.15, 0.2) is 0 Å². The highest BCUT2D eigenvalue weighted by molar-refractivity contribution is 6.33. The number of hydrogen-bond donors (Lipinski definition) is 1. The molecule has 0 aliphatic rings. The quantitative estimate of drug-likeness (QED) is 0.868. The molecule has 0 radical (unpaired) electrons. The molecule has 0 atom stereocenters. The van der Waals surface area contributed by atoms with Gasteiger partial charge < -0.3 is 5.73 Å². The lowest BCUT2D eigenvalue weighted by molar-refractivity contribution is -0.386. The van der Waals surface area contributed by atoms with Gasteiger partial charge in [-0.05, 0) is 23.1 Å². The van der Waals surface area contributed by atoms with E-state index in [4.69, 9.17) is 11.6 Å². The second kappa shape index (κ2) is 5.55. The summed E-state index contributed by atoms with van der Waals surface area (Å²) < 4.78 is 0. The highest BCUT2D eigenvalue weighted by atomic mass is 35.5. The topological polar surface area (TPSA) is 27.6 Å². The number of rotatable bonds is 3. The molecule has 0 aliphatic carbocycles. The zero-order chi connectivity index (χ0) is 13.1. The van der Waals surface area contributed by atoms with Gasteiger partial charge in [-0.2, -0.15) is 0 Å². The van der Waals surface area contributed by atoms with Crippen LogP contribution in [-0.4, -0.2) is 0 Å². The first-order valence-corrected chi connectivity index (χ1v) is 6.68. The lowest BCUT2D eigenvalue weighted by Crippen LogP contribution is -2.47. The zero-order valence-electron chi connectivity index (χ0n) is 10.9. The molecule has 2 heteroatoms. The first-order chi connectivity index (χ1) is 8.63. The van der Waals surface area contributed by atoms with Gasteiger partial charge in [0.25, 0.3) is 0 Å². The summed E-state index contributed by atoms with van der Waals surface area (Å²) in [6.45, 7) is 5.18. The molecule has 0 unspecified atom stereocenters. The molecule has 0 spiro atoms. The van der Waals surface area contributed by atoms with E-state index in [2.05, 4.69) is 56.0 Å². The van der Waals surface area contributed by atoms with Crippen molar-refractivity contribution in [3.8, 4) is 11.1 Å². The summed E-state index contributed by atoms with van der Waals surface area (Å²) in [5, 5.41) is 0.809. The Morgan fingerprint density at radius 2 is 1.78 bits per heavy atom. The van der Waals surface area contributed by atoms with Crippen LogP contribution in [0.3, 0.4) is 0 Å². The summed E-state index contributed by atoms with van der Waals surface area (Å²) in [6.07, 6.45) is 0. The molecule has 0 amide bonds. The molecule has 2 aromatic carbocycles. The van der Waals surface area contributed by atoms with Gasteiger partial charge in [-0.1, -0.05) is 61.8 Å². The van der Waals surface area contributed by atoms with Crippen LogP contribution in [0, 0.1) is 0 Å². The predicted molar refractivity (Wildman–Crippen MR) is 77.6 cm³/mol. The van der Waals surface area contributed by atoms with Crippen LogP contribution in [0.1, 0.15) is 30.9 Å². The van der Waals surface area contributed by atoms with Crippen molar-refractivity contribution in [2.45, 2.75) is 26.3 Å². The van der Waals surface area contributed by atoms with Crippen LogP contribution >= 0.6 is 11.6 Å². The first-order valence-electron chi connectivity index (χ1n) is 6.30. The van der Waals surface area contributed by atoms with E-state index in [1.807, 2.05) is 6.07 Å². The van der Waals surface area contributed by atoms with Crippen LogP contribution in [0.5, 0.6) is 0 Å². The zero-order valence-corrected chi connectivity index (χ0v) is 11.7. The Balaban J connectivity index is 2.55. The summed E-state index contributed by atoms with van der Waals surface area (Å²) in [4.78, 5) is 0. The minimum Gasteiger partial charge on any atom is -0.354 e. The van der Waals surface area contributed by atoms with E-state index in [9.17, 15) is 0 Å². The molecule has 0 saturated carbocycles. The predicted octanol–water partition coefficient (Wildman–Crippen LogP) is 3.87. The lowest BCUT2D eigenvalue weighted by Gasteiger charge is -2.14. The molecule has 0 saturated heterocycles. The van der Waals surface area contributed by atoms with Crippen LogP contribution in [0.25, 0.3) is 11.1 Å². The monoisotopic (exact) mass is 260 g/mol. The van der Waals surface area contributed by atoms with Gasteiger partial charge >= 0.3 is 0 Å². The van der Waals surface area contributed by atoms with Crippen molar-refractivity contribution in [3.63, 3.8) is 0 Å². The highest BCUT2D eigenvalue weighted by Crippen LogP contribution is 2.34. The molecule has 3 N–H and O–H groups in total. The van der Waals surface area contributed by atoms with Gasteiger partial charge in [0, 0.05) is 16.1 Å². The number of quaternary nitrogens is 1. The minimum absolute atomic E-state index is 0.491. The Kier molecular flexibility index (Phi) is 4.05. The molecule has 2 rings (SSSR count). The van der Waals surface area contributed by atoms with Crippen LogP contribution in [0.15, 0.2) is 42.5 Å². The standard InChI is InChI=1S/C16H18ClN/c1-11(2)13-5-3-4-6-14(13)15-8-7-12(10-18)9-16(15)17/h3-9,11H,10,18H2,1-2H3/p+1. The van der Waals surface area contributed by atoms with E-state index in [-0.39, 0.29) is 0 Å². The van der Waals surface area contributed by atoms with Gasteiger partial charge in [-0.15, -0.1) is 0 Å². The van der Waals surface area contributed by atoms with E-state index < -0.39 is 0 Å². The van der Waals surface area contributed by atoms with Crippen molar-refractivity contribution in [1.82, 2.24) is 0 Å². The molecule has 0 aromatic heterocycles. The van der Waals surface area contributed by atoms with E-state index in [1.165, 1.54) is 16.7 Å². The first kappa shape index (κ1) is 13.1. The number of benzene rings is 2. The Morgan fingerprint density at radius 3 is 2.39 bits per heavy atom. The molecule has 0 bridgehead atoms.